The number of anilines is 1. The molecule has 3 aromatic rings. The highest BCUT2D eigenvalue weighted by Crippen LogP contribution is 2.27. The molecule has 6 nitrogen and oxygen atoms in total. The number of fused-ring (bicyclic) bond motifs is 1. The molecule has 10 heteroatoms. The standard InChI is InChI=1S/C17H17N3OS.C2HF3O2/c1-2-12(16-10-19-11-21-16)6-14(3-1)20-9-15-7-13-8-18-5-4-17(13)22-15;3-2(4,5)1(6)7/h1-3,6-7,10-11,18,20H,4-5,8-9H2;(H,6,7). The number of hydrogen-bond acceptors (Lipinski definition) is 6. The SMILES string of the molecule is O=C(O)C(F)(F)F.c1cc(NCc2cc3c(s2)CCNC3)cc(-c2cnco2)c1. The van der Waals surface area contributed by atoms with Crippen LogP contribution in [0.3, 0.4) is 0 Å². The number of rotatable bonds is 4. The van der Waals surface area contributed by atoms with E-state index in [2.05, 4.69) is 33.8 Å². The van der Waals surface area contributed by atoms with E-state index in [0.29, 0.717) is 0 Å². The van der Waals surface area contributed by atoms with Gasteiger partial charge in [-0.3, -0.25) is 0 Å². The molecule has 0 bridgehead atoms. The average molecular weight is 425 g/mol. The Bertz CT molecular complexity index is 932. The maximum absolute atomic E-state index is 10.6. The second-order valence-corrected chi connectivity index (χ2v) is 7.41. The van der Waals surface area contributed by atoms with E-state index in [4.69, 9.17) is 14.3 Å². The molecule has 0 atom stereocenters. The third kappa shape index (κ3) is 5.81. The quantitative estimate of drug-likeness (QED) is 0.578. The zero-order valence-electron chi connectivity index (χ0n) is 15.1. The van der Waals surface area contributed by atoms with Crippen LogP contribution in [0.25, 0.3) is 11.3 Å². The van der Waals surface area contributed by atoms with Crippen molar-refractivity contribution in [3.63, 3.8) is 0 Å². The summed E-state index contributed by atoms with van der Waals surface area (Å²) in [5.41, 5.74) is 3.60. The molecular weight excluding hydrogens is 407 g/mol. The Morgan fingerprint density at radius 3 is 2.79 bits per heavy atom. The molecule has 0 saturated carbocycles. The first-order valence-corrected chi connectivity index (χ1v) is 9.48. The van der Waals surface area contributed by atoms with E-state index < -0.39 is 12.1 Å². The number of aliphatic carboxylic acids is 1. The third-order valence-electron chi connectivity index (χ3n) is 4.08. The number of nitrogens with one attached hydrogen (secondary N) is 2. The highest BCUT2D eigenvalue weighted by atomic mass is 32.1. The van der Waals surface area contributed by atoms with E-state index in [1.807, 2.05) is 23.5 Å². The van der Waals surface area contributed by atoms with E-state index in [-0.39, 0.29) is 0 Å². The molecule has 3 heterocycles. The fraction of sp³-hybridized carbons (Fsp3) is 0.263. The van der Waals surface area contributed by atoms with Crippen molar-refractivity contribution in [3.8, 4) is 11.3 Å². The fourth-order valence-electron chi connectivity index (χ4n) is 2.73. The molecule has 0 radical (unpaired) electrons. The maximum atomic E-state index is 10.6. The number of carboxylic acid groups (broad SMARTS) is 1. The van der Waals surface area contributed by atoms with Crippen LogP contribution < -0.4 is 10.6 Å². The Kier molecular flexibility index (Phi) is 6.55. The molecule has 1 aromatic carbocycles. The van der Waals surface area contributed by atoms with E-state index in [9.17, 15) is 13.2 Å². The summed E-state index contributed by atoms with van der Waals surface area (Å²) in [6.45, 7) is 2.96. The number of carbonyl (C=O) groups is 1. The lowest BCUT2D eigenvalue weighted by Gasteiger charge is -2.10. The largest absolute Gasteiger partial charge is 0.490 e. The molecule has 2 aromatic heterocycles. The predicted molar refractivity (Wildman–Crippen MR) is 103 cm³/mol. The van der Waals surface area contributed by atoms with Gasteiger partial charge in [0.05, 0.1) is 6.20 Å². The average Bonchev–Trinajstić information content (AvgIpc) is 3.36. The van der Waals surface area contributed by atoms with Gasteiger partial charge in [0.1, 0.15) is 0 Å². The number of halogens is 3. The molecule has 0 aliphatic carbocycles. The van der Waals surface area contributed by atoms with Crippen molar-refractivity contribution in [1.82, 2.24) is 10.3 Å². The predicted octanol–water partition coefficient (Wildman–Crippen LogP) is 4.29. The molecule has 1 aliphatic rings. The van der Waals surface area contributed by atoms with Gasteiger partial charge < -0.3 is 20.2 Å². The van der Waals surface area contributed by atoms with Crippen LogP contribution in [-0.2, 0) is 24.3 Å². The van der Waals surface area contributed by atoms with Gasteiger partial charge in [0, 0.05) is 40.6 Å². The molecule has 154 valence electrons. The number of thiophene rings is 1. The van der Waals surface area contributed by atoms with Gasteiger partial charge in [-0.2, -0.15) is 13.2 Å². The molecule has 0 fully saturated rings. The molecular formula is C19H18F3N3O3S. The van der Waals surface area contributed by atoms with Crippen molar-refractivity contribution in [1.29, 1.82) is 0 Å². The van der Waals surface area contributed by atoms with Gasteiger partial charge in [0.2, 0.25) is 0 Å². The molecule has 0 spiro atoms. The van der Waals surface area contributed by atoms with Crippen LogP contribution in [0.15, 0.2) is 47.3 Å². The first kappa shape index (κ1) is 20.9. The maximum Gasteiger partial charge on any atom is 0.490 e. The van der Waals surface area contributed by atoms with Crippen molar-refractivity contribution in [2.24, 2.45) is 0 Å². The molecule has 1 aliphatic heterocycles. The zero-order chi connectivity index (χ0) is 20.9. The van der Waals surface area contributed by atoms with Gasteiger partial charge in [0.15, 0.2) is 12.2 Å². The highest BCUT2D eigenvalue weighted by molar-refractivity contribution is 7.12. The minimum atomic E-state index is -5.08. The number of oxazole rings is 1. The van der Waals surface area contributed by atoms with Crippen LogP contribution in [0.5, 0.6) is 0 Å². The van der Waals surface area contributed by atoms with Crippen LogP contribution >= 0.6 is 11.3 Å². The van der Waals surface area contributed by atoms with Crippen LogP contribution in [0.4, 0.5) is 18.9 Å². The fourth-order valence-corrected chi connectivity index (χ4v) is 3.86. The summed E-state index contributed by atoms with van der Waals surface area (Å²) >= 11 is 1.93. The Labute approximate surface area is 168 Å². The highest BCUT2D eigenvalue weighted by Gasteiger charge is 2.38. The summed E-state index contributed by atoms with van der Waals surface area (Å²) in [6.07, 6.45) is -0.736. The van der Waals surface area contributed by atoms with Crippen LogP contribution in [0, 0.1) is 0 Å². The number of alkyl halides is 3. The van der Waals surface area contributed by atoms with Crippen molar-refractivity contribution in [3.05, 3.63) is 58.2 Å². The monoisotopic (exact) mass is 425 g/mol. The number of nitrogens with zero attached hydrogens (tertiary/aromatic N) is 1. The summed E-state index contributed by atoms with van der Waals surface area (Å²) in [7, 11) is 0. The molecule has 3 N–H and O–H groups in total. The smallest absolute Gasteiger partial charge is 0.475 e. The zero-order valence-corrected chi connectivity index (χ0v) is 15.9. The normalized spacial score (nSPS) is 13.2. The van der Waals surface area contributed by atoms with E-state index >= 15 is 0 Å². The van der Waals surface area contributed by atoms with Crippen molar-refractivity contribution < 1.29 is 27.5 Å². The van der Waals surface area contributed by atoms with E-state index in [1.165, 1.54) is 21.7 Å². The molecule has 29 heavy (non-hydrogen) atoms. The van der Waals surface area contributed by atoms with Gasteiger partial charge in [-0.05, 0) is 30.2 Å². The minimum absolute atomic E-state index is 0.793. The topological polar surface area (TPSA) is 87.4 Å². The van der Waals surface area contributed by atoms with Gasteiger partial charge in [0.25, 0.3) is 0 Å². The van der Waals surface area contributed by atoms with Crippen LogP contribution in [0.2, 0.25) is 0 Å². The second kappa shape index (κ2) is 9.10. The van der Waals surface area contributed by atoms with Gasteiger partial charge in [-0.15, -0.1) is 11.3 Å². The van der Waals surface area contributed by atoms with Gasteiger partial charge >= 0.3 is 12.1 Å². The summed E-state index contributed by atoms with van der Waals surface area (Å²) in [5.74, 6) is -1.96. The molecule has 0 unspecified atom stereocenters. The Morgan fingerprint density at radius 1 is 1.34 bits per heavy atom. The summed E-state index contributed by atoms with van der Waals surface area (Å²) < 4.78 is 37.1. The Hall–Kier alpha value is -2.85. The van der Waals surface area contributed by atoms with Crippen molar-refractivity contribution >= 4 is 23.0 Å². The Balaban J connectivity index is 0.000000298. The first-order chi connectivity index (χ1) is 13.8. The lowest BCUT2D eigenvalue weighted by atomic mass is 10.1. The number of benzene rings is 1. The van der Waals surface area contributed by atoms with Crippen molar-refractivity contribution in [2.45, 2.75) is 25.7 Å². The third-order valence-corrected chi connectivity index (χ3v) is 5.32. The molecule has 0 saturated heterocycles. The van der Waals surface area contributed by atoms with Gasteiger partial charge in [-0.1, -0.05) is 12.1 Å². The lowest BCUT2D eigenvalue weighted by molar-refractivity contribution is -0.192. The number of carboxylic acids is 1. The van der Waals surface area contributed by atoms with E-state index in [1.54, 1.807) is 6.20 Å². The summed E-state index contributed by atoms with van der Waals surface area (Å²) in [6, 6.07) is 10.6. The first-order valence-electron chi connectivity index (χ1n) is 8.67. The second-order valence-electron chi connectivity index (χ2n) is 6.19. The minimum Gasteiger partial charge on any atom is -0.475 e. The van der Waals surface area contributed by atoms with Gasteiger partial charge in [-0.25, -0.2) is 9.78 Å². The Morgan fingerprint density at radius 2 is 2.14 bits per heavy atom. The molecule has 0 amide bonds. The summed E-state index contributed by atoms with van der Waals surface area (Å²) in [4.78, 5) is 15.8. The number of aromatic nitrogens is 1. The summed E-state index contributed by atoms with van der Waals surface area (Å²) in [5, 5.41) is 14.0. The van der Waals surface area contributed by atoms with E-state index in [0.717, 1.165) is 43.1 Å². The van der Waals surface area contributed by atoms with Crippen LogP contribution in [0.1, 0.15) is 15.3 Å². The van der Waals surface area contributed by atoms with Crippen LogP contribution in [-0.4, -0.2) is 28.8 Å². The lowest BCUT2D eigenvalue weighted by Crippen LogP contribution is -2.21. The number of hydrogen-bond donors (Lipinski definition) is 3. The molecule has 4 rings (SSSR count). The van der Waals surface area contributed by atoms with Crippen molar-refractivity contribution in [2.75, 3.05) is 11.9 Å².